The fourth-order valence-electron chi connectivity index (χ4n) is 3.19. The monoisotopic (exact) mass is 406 g/mol. The van der Waals surface area contributed by atoms with Crippen LogP contribution in [0.3, 0.4) is 0 Å². The number of nitrogens with zero attached hydrogens (tertiary/aromatic N) is 3. The van der Waals surface area contributed by atoms with Crippen molar-refractivity contribution in [2.75, 3.05) is 16.8 Å². The van der Waals surface area contributed by atoms with Gasteiger partial charge in [-0.05, 0) is 37.5 Å². The van der Waals surface area contributed by atoms with E-state index in [1.807, 2.05) is 39.0 Å². The van der Waals surface area contributed by atoms with E-state index in [9.17, 15) is 9.59 Å². The molecule has 1 saturated heterocycles. The molecular formula is C19H23ClN4O2S. The summed E-state index contributed by atoms with van der Waals surface area (Å²) in [5.41, 5.74) is 1.77. The highest BCUT2D eigenvalue weighted by Crippen LogP contribution is 2.35. The molecule has 0 bridgehead atoms. The largest absolute Gasteiger partial charge is 0.312 e. The van der Waals surface area contributed by atoms with Crippen LogP contribution in [-0.2, 0) is 9.59 Å². The number of halogens is 1. The van der Waals surface area contributed by atoms with E-state index in [0.717, 1.165) is 29.1 Å². The first-order valence-corrected chi connectivity index (χ1v) is 10.3. The number of benzene rings is 1. The van der Waals surface area contributed by atoms with Crippen LogP contribution in [0.1, 0.15) is 49.6 Å². The number of amides is 2. The molecule has 1 atom stereocenters. The highest BCUT2D eigenvalue weighted by molar-refractivity contribution is 7.15. The number of carbonyl (C=O) groups is 2. The topological polar surface area (TPSA) is 75.2 Å². The van der Waals surface area contributed by atoms with Crippen molar-refractivity contribution < 1.29 is 9.59 Å². The average molecular weight is 407 g/mol. The Kier molecular flexibility index (Phi) is 6.11. The van der Waals surface area contributed by atoms with Crippen LogP contribution < -0.4 is 10.2 Å². The van der Waals surface area contributed by atoms with E-state index >= 15 is 0 Å². The summed E-state index contributed by atoms with van der Waals surface area (Å²) in [5.74, 6) is -0.0417. The normalized spacial score (nSPS) is 17.0. The van der Waals surface area contributed by atoms with Crippen LogP contribution >= 0.6 is 22.9 Å². The predicted octanol–water partition coefficient (Wildman–Crippen LogP) is 4.40. The summed E-state index contributed by atoms with van der Waals surface area (Å²) < 4.78 is 0. The van der Waals surface area contributed by atoms with Gasteiger partial charge in [0.05, 0.1) is 0 Å². The summed E-state index contributed by atoms with van der Waals surface area (Å²) in [7, 11) is 0. The number of hydrogen-bond acceptors (Lipinski definition) is 5. The van der Waals surface area contributed by atoms with Crippen molar-refractivity contribution in [2.45, 2.75) is 46.0 Å². The molecule has 0 spiro atoms. The fraction of sp³-hybridized carbons (Fsp3) is 0.474. The summed E-state index contributed by atoms with van der Waals surface area (Å²) in [4.78, 5) is 26.4. The predicted molar refractivity (Wildman–Crippen MR) is 109 cm³/mol. The number of rotatable bonds is 6. The molecule has 144 valence electrons. The molecule has 1 N–H and O–H groups in total. The van der Waals surface area contributed by atoms with Crippen molar-refractivity contribution >= 4 is 45.6 Å². The Hall–Kier alpha value is -1.99. The lowest BCUT2D eigenvalue weighted by Gasteiger charge is -2.17. The molecule has 27 heavy (non-hydrogen) atoms. The van der Waals surface area contributed by atoms with Crippen molar-refractivity contribution in [3.05, 3.63) is 33.8 Å². The molecule has 2 aromatic rings. The Bertz CT molecular complexity index is 850. The third-order valence-electron chi connectivity index (χ3n) is 4.97. The molecule has 1 aromatic carbocycles. The molecule has 2 amide bonds. The van der Waals surface area contributed by atoms with E-state index in [0.29, 0.717) is 23.1 Å². The molecule has 2 heterocycles. The lowest BCUT2D eigenvalue weighted by Crippen LogP contribution is -2.24. The molecule has 1 aliphatic heterocycles. The zero-order valence-electron chi connectivity index (χ0n) is 15.7. The third-order valence-corrected chi connectivity index (χ3v) is 6.38. The highest BCUT2D eigenvalue weighted by Gasteiger charge is 2.34. The molecule has 0 aliphatic carbocycles. The lowest BCUT2D eigenvalue weighted by atomic mass is 10.0. The zero-order valence-corrected chi connectivity index (χ0v) is 17.2. The highest BCUT2D eigenvalue weighted by atomic mass is 35.5. The van der Waals surface area contributed by atoms with Crippen molar-refractivity contribution in [1.82, 2.24) is 10.2 Å². The number of nitrogens with one attached hydrogen (secondary N) is 1. The summed E-state index contributed by atoms with van der Waals surface area (Å²) in [6, 6.07) is 5.64. The Morgan fingerprint density at radius 2 is 2.11 bits per heavy atom. The number of anilines is 2. The molecule has 1 aromatic heterocycles. The van der Waals surface area contributed by atoms with Crippen LogP contribution in [0.5, 0.6) is 0 Å². The molecule has 0 radical (unpaired) electrons. The molecule has 3 rings (SSSR count). The van der Waals surface area contributed by atoms with Crippen LogP contribution in [0, 0.1) is 12.8 Å². The van der Waals surface area contributed by atoms with Gasteiger partial charge in [0.1, 0.15) is 5.01 Å². The number of hydrogen-bond donors (Lipinski definition) is 1. The molecule has 1 unspecified atom stereocenters. The van der Waals surface area contributed by atoms with Gasteiger partial charge < -0.3 is 10.2 Å². The van der Waals surface area contributed by atoms with E-state index in [1.54, 1.807) is 4.90 Å². The first kappa shape index (κ1) is 19.8. The van der Waals surface area contributed by atoms with E-state index in [-0.39, 0.29) is 23.7 Å². The van der Waals surface area contributed by atoms with E-state index in [1.165, 1.54) is 11.3 Å². The first-order chi connectivity index (χ1) is 12.9. The van der Waals surface area contributed by atoms with Gasteiger partial charge >= 0.3 is 0 Å². The molecule has 8 heteroatoms. The third kappa shape index (κ3) is 4.30. The molecule has 6 nitrogen and oxygen atoms in total. The van der Waals surface area contributed by atoms with Crippen molar-refractivity contribution in [1.29, 1.82) is 0 Å². The lowest BCUT2D eigenvalue weighted by molar-refractivity contribution is -0.120. The average Bonchev–Trinajstić information content (AvgIpc) is 3.25. The van der Waals surface area contributed by atoms with Crippen molar-refractivity contribution in [2.24, 2.45) is 5.92 Å². The Labute approximate surface area is 167 Å². The second-order valence-electron chi connectivity index (χ2n) is 6.79. The molecule has 0 saturated carbocycles. The Balaban J connectivity index is 1.69. The van der Waals surface area contributed by atoms with Gasteiger partial charge in [-0.3, -0.25) is 9.59 Å². The minimum absolute atomic E-state index is 0.0211. The number of aryl methyl sites for hydroxylation is 1. The Morgan fingerprint density at radius 1 is 1.37 bits per heavy atom. The van der Waals surface area contributed by atoms with Gasteiger partial charge in [0, 0.05) is 35.5 Å². The second kappa shape index (κ2) is 8.35. The van der Waals surface area contributed by atoms with E-state index in [2.05, 4.69) is 15.5 Å². The van der Waals surface area contributed by atoms with Crippen LogP contribution in [0.2, 0.25) is 5.02 Å². The fourth-order valence-corrected chi connectivity index (χ4v) is 4.20. The smallest absolute Gasteiger partial charge is 0.229 e. The van der Waals surface area contributed by atoms with Gasteiger partial charge in [-0.25, -0.2) is 0 Å². The van der Waals surface area contributed by atoms with E-state index in [4.69, 9.17) is 11.6 Å². The van der Waals surface area contributed by atoms with Crippen LogP contribution in [0.4, 0.5) is 10.8 Å². The maximum Gasteiger partial charge on any atom is 0.229 e. The first-order valence-electron chi connectivity index (χ1n) is 9.13. The van der Waals surface area contributed by atoms with Gasteiger partial charge in [0.25, 0.3) is 0 Å². The van der Waals surface area contributed by atoms with E-state index < -0.39 is 0 Å². The summed E-state index contributed by atoms with van der Waals surface area (Å²) >= 11 is 7.54. The van der Waals surface area contributed by atoms with Crippen molar-refractivity contribution in [3.8, 4) is 0 Å². The number of carbonyl (C=O) groups excluding carboxylic acids is 2. The maximum absolute atomic E-state index is 12.5. The zero-order chi connectivity index (χ0) is 19.6. The van der Waals surface area contributed by atoms with Crippen LogP contribution in [0.25, 0.3) is 0 Å². The SMILES string of the molecule is CCC(CC)C(=O)Nc1nnc(C2CC(=O)N(c3ccc(C)c(Cl)c3)C2)s1. The van der Waals surface area contributed by atoms with Gasteiger partial charge in [0.15, 0.2) is 0 Å². The summed E-state index contributed by atoms with van der Waals surface area (Å²) in [6.45, 7) is 6.46. The standard InChI is InChI=1S/C19H23ClN4O2S/c1-4-12(5-2)17(26)21-19-23-22-18(27-19)13-8-16(25)24(10-13)14-7-6-11(3)15(20)9-14/h6-7,9,12-13H,4-5,8,10H2,1-3H3,(H,21,23,26). The molecule has 1 aliphatic rings. The van der Waals surface area contributed by atoms with Crippen LogP contribution in [-0.4, -0.2) is 28.6 Å². The minimum atomic E-state index is -0.0334. The van der Waals surface area contributed by atoms with Gasteiger partial charge in [-0.15, -0.1) is 10.2 Å². The van der Waals surface area contributed by atoms with Gasteiger partial charge in [-0.1, -0.05) is 42.9 Å². The molecule has 1 fully saturated rings. The second-order valence-corrected chi connectivity index (χ2v) is 8.20. The van der Waals surface area contributed by atoms with Crippen molar-refractivity contribution in [3.63, 3.8) is 0 Å². The summed E-state index contributed by atoms with van der Waals surface area (Å²) in [6.07, 6.45) is 1.96. The quantitative estimate of drug-likeness (QED) is 0.771. The minimum Gasteiger partial charge on any atom is -0.312 e. The maximum atomic E-state index is 12.5. The molecular weight excluding hydrogens is 384 g/mol. The van der Waals surface area contributed by atoms with Crippen LogP contribution in [0.15, 0.2) is 18.2 Å². The number of aromatic nitrogens is 2. The summed E-state index contributed by atoms with van der Waals surface area (Å²) in [5, 5.41) is 13.0. The Morgan fingerprint density at radius 3 is 2.78 bits per heavy atom. The van der Waals surface area contributed by atoms with Gasteiger partial charge in [0.2, 0.25) is 16.9 Å². The van der Waals surface area contributed by atoms with Gasteiger partial charge in [-0.2, -0.15) is 0 Å².